The van der Waals surface area contributed by atoms with E-state index in [4.69, 9.17) is 18.9 Å². The number of furan rings is 1. The summed E-state index contributed by atoms with van der Waals surface area (Å²) in [5.41, 5.74) is 3.99. The third-order valence-electron chi connectivity index (χ3n) is 4.47. The zero-order valence-electron chi connectivity index (χ0n) is 12.7. The van der Waals surface area contributed by atoms with Crippen LogP contribution in [0.5, 0.6) is 5.75 Å². The number of allylic oxidation sites excluding steroid dienone is 2. The van der Waals surface area contributed by atoms with Gasteiger partial charge in [0.2, 0.25) is 5.71 Å². The lowest BCUT2D eigenvalue weighted by Gasteiger charge is -2.37. The van der Waals surface area contributed by atoms with Gasteiger partial charge in [-0.15, -0.1) is 0 Å². The molecule has 0 unspecified atom stereocenters. The number of ether oxygens (including phenoxy) is 2. The van der Waals surface area contributed by atoms with Crippen molar-refractivity contribution < 1.29 is 13.9 Å². The molecule has 0 N–H and O–H groups in total. The summed E-state index contributed by atoms with van der Waals surface area (Å²) in [5.74, 6) is 2.00. The van der Waals surface area contributed by atoms with Crippen LogP contribution in [0.4, 0.5) is 0 Å². The molecule has 1 aliphatic heterocycles. The van der Waals surface area contributed by atoms with Gasteiger partial charge in [0.25, 0.3) is 0 Å². The summed E-state index contributed by atoms with van der Waals surface area (Å²) in [6.45, 7) is 4.30. The number of methoxy groups -OCH3 is 1. The Kier molecular flexibility index (Phi) is 2.59. The summed E-state index contributed by atoms with van der Waals surface area (Å²) in [5, 5.41) is 0.956. The summed E-state index contributed by atoms with van der Waals surface area (Å²) < 4.78 is 17.3. The first-order valence-electron chi connectivity index (χ1n) is 7.44. The molecular weight excluding hydrogens is 266 g/mol. The summed E-state index contributed by atoms with van der Waals surface area (Å²) in [4.78, 5) is 4.73. The van der Waals surface area contributed by atoms with Crippen LogP contribution in [0.1, 0.15) is 44.4 Å². The molecule has 4 rings (SSSR count). The molecule has 3 heterocycles. The maximum atomic E-state index is 6.17. The number of rotatable bonds is 1. The summed E-state index contributed by atoms with van der Waals surface area (Å²) in [7, 11) is 1.71. The summed E-state index contributed by atoms with van der Waals surface area (Å²) in [6, 6.07) is 1.92. The minimum atomic E-state index is -0.0742. The van der Waals surface area contributed by atoms with Crippen LogP contribution < -0.4 is 4.74 Å². The maximum Gasteiger partial charge on any atom is 0.230 e. The van der Waals surface area contributed by atoms with E-state index in [1.54, 1.807) is 13.4 Å². The highest BCUT2D eigenvalue weighted by molar-refractivity contribution is 5.87. The average Bonchev–Trinajstić information content (AvgIpc) is 2.91. The van der Waals surface area contributed by atoms with E-state index in [0.717, 1.165) is 48.3 Å². The van der Waals surface area contributed by atoms with Gasteiger partial charge in [-0.2, -0.15) is 0 Å². The van der Waals surface area contributed by atoms with E-state index in [0.29, 0.717) is 5.71 Å². The standard InChI is InChI=1S/C17H19NO3/c1-17(2)8-6-10-13(21-17)5-4-11-14(10)18-16-12(7-9-20-16)15(11)19-3/h7,9H,4-6,8H2,1-3H3. The Bertz CT molecular complexity index is 755. The Labute approximate surface area is 123 Å². The first kappa shape index (κ1) is 12.7. The number of hydrogen-bond acceptors (Lipinski definition) is 4. The second kappa shape index (κ2) is 4.26. The van der Waals surface area contributed by atoms with Crippen molar-refractivity contribution in [1.82, 2.24) is 4.98 Å². The molecule has 4 heteroatoms. The molecule has 0 bridgehead atoms. The van der Waals surface area contributed by atoms with Gasteiger partial charge >= 0.3 is 0 Å². The number of pyridine rings is 1. The van der Waals surface area contributed by atoms with Gasteiger partial charge < -0.3 is 13.9 Å². The molecule has 0 spiro atoms. The molecule has 2 aromatic heterocycles. The Balaban J connectivity index is 1.94. The molecule has 0 aromatic carbocycles. The Morgan fingerprint density at radius 3 is 2.90 bits per heavy atom. The predicted octanol–water partition coefficient (Wildman–Crippen LogP) is 4.08. The Morgan fingerprint density at radius 1 is 1.24 bits per heavy atom. The predicted molar refractivity (Wildman–Crippen MR) is 80.2 cm³/mol. The molecule has 0 radical (unpaired) electrons. The van der Waals surface area contributed by atoms with Gasteiger partial charge in [-0.3, -0.25) is 0 Å². The maximum absolute atomic E-state index is 6.17. The third kappa shape index (κ3) is 1.85. The Morgan fingerprint density at radius 2 is 2.10 bits per heavy atom. The first-order valence-corrected chi connectivity index (χ1v) is 7.44. The number of hydrogen-bond donors (Lipinski definition) is 0. The molecule has 0 fully saturated rings. The summed E-state index contributed by atoms with van der Waals surface area (Å²) >= 11 is 0. The van der Waals surface area contributed by atoms with Crippen LogP contribution in [0, 0.1) is 0 Å². The lowest BCUT2D eigenvalue weighted by Crippen LogP contribution is -2.30. The highest BCUT2D eigenvalue weighted by Gasteiger charge is 2.34. The molecule has 4 nitrogen and oxygen atoms in total. The molecule has 2 aliphatic rings. The van der Waals surface area contributed by atoms with Gasteiger partial charge in [-0.1, -0.05) is 0 Å². The highest BCUT2D eigenvalue weighted by Crippen LogP contribution is 2.45. The average molecular weight is 285 g/mol. The first-order chi connectivity index (χ1) is 10.1. The SMILES string of the molecule is COc1c2c(nc3occc13)C1=C(CC2)OC(C)(C)CC1. The van der Waals surface area contributed by atoms with Crippen LogP contribution in [-0.2, 0) is 11.2 Å². The van der Waals surface area contributed by atoms with Gasteiger partial charge in [0.05, 0.1) is 24.5 Å². The van der Waals surface area contributed by atoms with Gasteiger partial charge in [0.15, 0.2) is 0 Å². The van der Waals surface area contributed by atoms with E-state index in [-0.39, 0.29) is 5.60 Å². The van der Waals surface area contributed by atoms with Crippen molar-refractivity contribution >= 4 is 16.7 Å². The van der Waals surface area contributed by atoms with Crippen molar-refractivity contribution in [3.63, 3.8) is 0 Å². The summed E-state index contributed by atoms with van der Waals surface area (Å²) in [6.07, 6.45) is 5.50. The van der Waals surface area contributed by atoms with E-state index in [1.807, 2.05) is 6.07 Å². The van der Waals surface area contributed by atoms with Gasteiger partial charge in [0.1, 0.15) is 17.1 Å². The van der Waals surface area contributed by atoms with E-state index >= 15 is 0 Å². The van der Waals surface area contributed by atoms with Crippen molar-refractivity contribution in [2.45, 2.75) is 45.1 Å². The van der Waals surface area contributed by atoms with Crippen LogP contribution in [0.25, 0.3) is 16.7 Å². The molecule has 0 amide bonds. The van der Waals surface area contributed by atoms with Crippen molar-refractivity contribution in [3.8, 4) is 5.75 Å². The quantitative estimate of drug-likeness (QED) is 0.792. The van der Waals surface area contributed by atoms with Crippen LogP contribution in [0.15, 0.2) is 22.5 Å². The smallest absolute Gasteiger partial charge is 0.230 e. The molecule has 1 aliphatic carbocycles. The van der Waals surface area contributed by atoms with E-state index < -0.39 is 0 Å². The van der Waals surface area contributed by atoms with Crippen LogP contribution >= 0.6 is 0 Å². The minimum Gasteiger partial charge on any atom is -0.496 e. The van der Waals surface area contributed by atoms with E-state index in [1.165, 1.54) is 11.1 Å². The molecule has 2 aromatic rings. The third-order valence-corrected chi connectivity index (χ3v) is 4.47. The number of nitrogens with zero attached hydrogens (tertiary/aromatic N) is 1. The normalized spacial score (nSPS) is 20.0. The largest absolute Gasteiger partial charge is 0.496 e. The number of fused-ring (bicyclic) bond motifs is 3. The monoisotopic (exact) mass is 285 g/mol. The number of aromatic nitrogens is 1. The molecule has 0 saturated heterocycles. The fraction of sp³-hybridized carbons (Fsp3) is 0.471. The van der Waals surface area contributed by atoms with Crippen molar-refractivity contribution in [3.05, 3.63) is 29.3 Å². The fourth-order valence-electron chi connectivity index (χ4n) is 3.42. The molecule has 21 heavy (non-hydrogen) atoms. The molecular formula is C17H19NO3. The zero-order valence-corrected chi connectivity index (χ0v) is 12.7. The van der Waals surface area contributed by atoms with Crippen LogP contribution in [0.3, 0.4) is 0 Å². The molecule has 0 atom stereocenters. The van der Waals surface area contributed by atoms with E-state index in [2.05, 4.69) is 13.8 Å². The van der Waals surface area contributed by atoms with Crippen LogP contribution in [-0.4, -0.2) is 17.7 Å². The van der Waals surface area contributed by atoms with Crippen LogP contribution in [0.2, 0.25) is 0 Å². The lowest BCUT2D eigenvalue weighted by atomic mass is 9.85. The fourth-order valence-corrected chi connectivity index (χ4v) is 3.42. The van der Waals surface area contributed by atoms with E-state index in [9.17, 15) is 0 Å². The minimum absolute atomic E-state index is 0.0742. The lowest BCUT2D eigenvalue weighted by molar-refractivity contribution is 0.0142. The zero-order chi connectivity index (χ0) is 14.6. The second-order valence-corrected chi connectivity index (χ2v) is 6.38. The van der Waals surface area contributed by atoms with Crippen molar-refractivity contribution in [2.24, 2.45) is 0 Å². The van der Waals surface area contributed by atoms with Crippen molar-refractivity contribution in [2.75, 3.05) is 7.11 Å². The van der Waals surface area contributed by atoms with Gasteiger partial charge in [-0.25, -0.2) is 4.98 Å². The highest BCUT2D eigenvalue weighted by atomic mass is 16.5. The van der Waals surface area contributed by atoms with Gasteiger partial charge in [0, 0.05) is 17.6 Å². The molecule has 0 saturated carbocycles. The Hall–Kier alpha value is -1.97. The van der Waals surface area contributed by atoms with Gasteiger partial charge in [-0.05, 0) is 39.2 Å². The topological polar surface area (TPSA) is 44.5 Å². The second-order valence-electron chi connectivity index (χ2n) is 6.38. The van der Waals surface area contributed by atoms with Crippen molar-refractivity contribution in [1.29, 1.82) is 0 Å². The molecule has 110 valence electrons.